The standard InChI is InChI=1S/C17H14Cl2O5/c1-22-13-3-4-14(16(8-13)23-2)15(20)9-24-17(21)10-5-11(18)7-12(19)6-10/h3-8H,9H2,1-2H3. The van der Waals surface area contributed by atoms with Crippen LogP contribution in [0, 0.1) is 0 Å². The minimum absolute atomic E-state index is 0.169. The van der Waals surface area contributed by atoms with Crippen molar-refractivity contribution in [2.45, 2.75) is 0 Å². The maximum Gasteiger partial charge on any atom is 0.338 e. The molecule has 5 nitrogen and oxygen atoms in total. The number of esters is 1. The van der Waals surface area contributed by atoms with Crippen molar-refractivity contribution in [1.29, 1.82) is 0 Å². The Hall–Kier alpha value is -2.24. The van der Waals surface area contributed by atoms with Gasteiger partial charge in [-0.15, -0.1) is 0 Å². The summed E-state index contributed by atoms with van der Waals surface area (Å²) in [5.74, 6) is -0.216. The molecule has 2 aromatic carbocycles. The van der Waals surface area contributed by atoms with Crippen LogP contribution in [-0.4, -0.2) is 32.6 Å². The molecule has 0 unspecified atom stereocenters. The molecule has 0 radical (unpaired) electrons. The summed E-state index contributed by atoms with van der Waals surface area (Å²) in [6.45, 7) is -0.439. The lowest BCUT2D eigenvalue weighted by Crippen LogP contribution is -2.15. The minimum Gasteiger partial charge on any atom is -0.497 e. The Morgan fingerprint density at radius 3 is 2.21 bits per heavy atom. The topological polar surface area (TPSA) is 61.8 Å². The molecule has 126 valence electrons. The van der Waals surface area contributed by atoms with Gasteiger partial charge in [-0.2, -0.15) is 0 Å². The zero-order chi connectivity index (χ0) is 17.7. The van der Waals surface area contributed by atoms with Gasteiger partial charge < -0.3 is 14.2 Å². The number of carbonyl (C=O) groups is 2. The van der Waals surface area contributed by atoms with Crippen molar-refractivity contribution < 1.29 is 23.8 Å². The van der Waals surface area contributed by atoms with E-state index in [-0.39, 0.29) is 11.1 Å². The van der Waals surface area contributed by atoms with Crippen LogP contribution in [0.1, 0.15) is 20.7 Å². The molecule has 0 aliphatic heterocycles. The third kappa shape index (κ3) is 4.40. The van der Waals surface area contributed by atoms with Crippen molar-refractivity contribution in [3.8, 4) is 11.5 Å². The van der Waals surface area contributed by atoms with Gasteiger partial charge in [-0.1, -0.05) is 23.2 Å². The fourth-order valence-electron chi connectivity index (χ4n) is 1.99. The maximum absolute atomic E-state index is 12.2. The van der Waals surface area contributed by atoms with E-state index < -0.39 is 18.4 Å². The van der Waals surface area contributed by atoms with Crippen LogP contribution in [-0.2, 0) is 4.74 Å². The van der Waals surface area contributed by atoms with E-state index in [2.05, 4.69) is 0 Å². The summed E-state index contributed by atoms with van der Waals surface area (Å²) < 4.78 is 15.2. The number of methoxy groups -OCH3 is 2. The van der Waals surface area contributed by atoms with Gasteiger partial charge in [-0.05, 0) is 30.3 Å². The number of halogens is 2. The molecular formula is C17H14Cl2O5. The van der Waals surface area contributed by atoms with Crippen LogP contribution in [0.25, 0.3) is 0 Å². The van der Waals surface area contributed by atoms with Gasteiger partial charge in [0.25, 0.3) is 0 Å². The fourth-order valence-corrected chi connectivity index (χ4v) is 2.52. The van der Waals surface area contributed by atoms with Gasteiger partial charge in [-0.25, -0.2) is 4.79 Å². The molecule has 0 bridgehead atoms. The van der Waals surface area contributed by atoms with Crippen molar-refractivity contribution in [2.24, 2.45) is 0 Å². The highest BCUT2D eigenvalue weighted by Crippen LogP contribution is 2.25. The molecule has 2 aromatic rings. The molecule has 2 rings (SSSR count). The second-order valence-corrected chi connectivity index (χ2v) is 5.60. The second-order valence-electron chi connectivity index (χ2n) is 4.72. The van der Waals surface area contributed by atoms with E-state index in [1.807, 2.05) is 0 Å². The van der Waals surface area contributed by atoms with Gasteiger partial charge in [0.15, 0.2) is 6.61 Å². The summed E-state index contributed by atoms with van der Waals surface area (Å²) in [4.78, 5) is 24.2. The first-order chi connectivity index (χ1) is 11.4. The maximum atomic E-state index is 12.2. The first-order valence-corrected chi connectivity index (χ1v) is 7.58. The summed E-state index contributed by atoms with van der Waals surface area (Å²) in [5.41, 5.74) is 0.456. The third-order valence-corrected chi connectivity index (χ3v) is 3.58. The van der Waals surface area contributed by atoms with Crippen molar-refractivity contribution in [1.82, 2.24) is 0 Å². The largest absolute Gasteiger partial charge is 0.497 e. The van der Waals surface area contributed by atoms with Gasteiger partial charge in [0.1, 0.15) is 11.5 Å². The number of Topliss-reactive ketones (excluding diaryl/α,β-unsaturated/α-hetero) is 1. The Morgan fingerprint density at radius 2 is 1.62 bits per heavy atom. The molecule has 0 saturated heterocycles. The predicted octanol–water partition coefficient (Wildman–Crippen LogP) is 4.05. The zero-order valence-electron chi connectivity index (χ0n) is 13.0. The van der Waals surface area contributed by atoms with E-state index in [1.165, 1.54) is 32.4 Å². The first-order valence-electron chi connectivity index (χ1n) is 6.83. The van der Waals surface area contributed by atoms with Gasteiger partial charge in [-0.3, -0.25) is 4.79 Å². The van der Waals surface area contributed by atoms with E-state index in [0.717, 1.165) is 0 Å². The van der Waals surface area contributed by atoms with Crippen LogP contribution in [0.4, 0.5) is 0 Å². The average Bonchev–Trinajstić information content (AvgIpc) is 2.57. The van der Waals surface area contributed by atoms with E-state index >= 15 is 0 Å². The van der Waals surface area contributed by atoms with Gasteiger partial charge >= 0.3 is 5.97 Å². The number of hydrogen-bond acceptors (Lipinski definition) is 5. The predicted molar refractivity (Wildman–Crippen MR) is 90.6 cm³/mol. The Balaban J connectivity index is 2.09. The third-order valence-electron chi connectivity index (χ3n) is 3.14. The molecule has 0 saturated carbocycles. The summed E-state index contributed by atoms with van der Waals surface area (Å²) >= 11 is 11.7. The Labute approximate surface area is 149 Å². The highest BCUT2D eigenvalue weighted by Gasteiger charge is 2.17. The molecule has 0 atom stereocenters. The molecule has 24 heavy (non-hydrogen) atoms. The van der Waals surface area contributed by atoms with Crippen LogP contribution >= 0.6 is 23.2 Å². The number of ether oxygens (including phenoxy) is 3. The Kier molecular flexibility index (Phi) is 6.06. The lowest BCUT2D eigenvalue weighted by Gasteiger charge is -2.10. The number of hydrogen-bond donors (Lipinski definition) is 0. The molecule has 0 aromatic heterocycles. The van der Waals surface area contributed by atoms with Gasteiger partial charge in [0.2, 0.25) is 5.78 Å². The zero-order valence-corrected chi connectivity index (χ0v) is 14.5. The number of benzene rings is 2. The van der Waals surface area contributed by atoms with E-state index in [9.17, 15) is 9.59 Å². The van der Waals surface area contributed by atoms with Gasteiger partial charge in [0, 0.05) is 16.1 Å². The summed E-state index contributed by atoms with van der Waals surface area (Å²) in [6.07, 6.45) is 0. The minimum atomic E-state index is -0.694. The molecular weight excluding hydrogens is 355 g/mol. The average molecular weight is 369 g/mol. The molecule has 0 heterocycles. The molecule has 0 aliphatic carbocycles. The fraction of sp³-hybridized carbons (Fsp3) is 0.176. The molecule has 0 amide bonds. The van der Waals surface area contributed by atoms with Crippen molar-refractivity contribution in [3.05, 3.63) is 57.6 Å². The Morgan fingerprint density at radius 1 is 0.958 bits per heavy atom. The molecule has 0 aliphatic rings. The molecule has 0 N–H and O–H groups in total. The SMILES string of the molecule is COc1ccc(C(=O)COC(=O)c2cc(Cl)cc(Cl)c2)c(OC)c1. The van der Waals surface area contributed by atoms with Crippen molar-refractivity contribution in [2.75, 3.05) is 20.8 Å². The summed E-state index contributed by atoms with van der Waals surface area (Å²) in [7, 11) is 2.94. The van der Waals surface area contributed by atoms with E-state index in [4.69, 9.17) is 37.4 Å². The summed E-state index contributed by atoms with van der Waals surface area (Å²) in [5, 5.41) is 0.607. The van der Waals surface area contributed by atoms with Crippen molar-refractivity contribution >= 4 is 35.0 Å². The highest BCUT2D eigenvalue weighted by atomic mass is 35.5. The second kappa shape index (κ2) is 8.04. The van der Waals surface area contributed by atoms with Crippen molar-refractivity contribution in [3.63, 3.8) is 0 Å². The quantitative estimate of drug-likeness (QED) is 0.568. The number of ketones is 1. The molecule has 7 heteroatoms. The number of rotatable bonds is 6. The van der Waals surface area contributed by atoms with E-state index in [0.29, 0.717) is 21.5 Å². The Bertz CT molecular complexity index is 753. The van der Waals surface area contributed by atoms with Crippen LogP contribution < -0.4 is 9.47 Å². The lowest BCUT2D eigenvalue weighted by atomic mass is 10.1. The van der Waals surface area contributed by atoms with E-state index in [1.54, 1.807) is 18.2 Å². The molecule has 0 spiro atoms. The van der Waals surface area contributed by atoms with Crippen LogP contribution in [0.2, 0.25) is 10.0 Å². The number of carbonyl (C=O) groups excluding carboxylic acids is 2. The van der Waals surface area contributed by atoms with Gasteiger partial charge in [0.05, 0.1) is 25.3 Å². The highest BCUT2D eigenvalue weighted by molar-refractivity contribution is 6.35. The lowest BCUT2D eigenvalue weighted by molar-refractivity contribution is 0.0474. The van der Waals surface area contributed by atoms with Crippen LogP contribution in [0.3, 0.4) is 0 Å². The van der Waals surface area contributed by atoms with Crippen LogP contribution in [0.5, 0.6) is 11.5 Å². The molecule has 0 fully saturated rings. The smallest absolute Gasteiger partial charge is 0.338 e. The monoisotopic (exact) mass is 368 g/mol. The van der Waals surface area contributed by atoms with Crippen LogP contribution in [0.15, 0.2) is 36.4 Å². The summed E-state index contributed by atoms with van der Waals surface area (Å²) in [6, 6.07) is 9.06. The normalized spacial score (nSPS) is 10.2. The first kappa shape index (κ1) is 18.1.